The van der Waals surface area contributed by atoms with E-state index in [2.05, 4.69) is 5.32 Å². The minimum Gasteiger partial charge on any atom is -0.463 e. The van der Waals surface area contributed by atoms with Gasteiger partial charge in [0, 0.05) is 18.8 Å². The van der Waals surface area contributed by atoms with E-state index in [4.69, 9.17) is 4.74 Å². The molecule has 3 atom stereocenters. The van der Waals surface area contributed by atoms with E-state index < -0.39 is 29.8 Å². The van der Waals surface area contributed by atoms with Crippen LogP contribution < -0.4 is 5.32 Å². The van der Waals surface area contributed by atoms with Crippen LogP contribution in [0.2, 0.25) is 0 Å². The number of benzene rings is 1. The largest absolute Gasteiger partial charge is 0.463 e. The molecule has 1 aromatic carbocycles. The summed E-state index contributed by atoms with van der Waals surface area (Å²) in [5, 5.41) is 14.4. The molecule has 1 aliphatic heterocycles. The second-order valence-electron chi connectivity index (χ2n) is 7.21. The molecule has 0 aromatic heterocycles. The molecule has 2 aliphatic rings. The first-order chi connectivity index (χ1) is 11.9. The van der Waals surface area contributed by atoms with Gasteiger partial charge in [0.05, 0.1) is 6.61 Å². The van der Waals surface area contributed by atoms with Gasteiger partial charge in [0.25, 0.3) is 0 Å². The average molecular weight is 353 g/mol. The van der Waals surface area contributed by atoms with Crippen LogP contribution in [0.1, 0.15) is 37.7 Å². The summed E-state index contributed by atoms with van der Waals surface area (Å²) in [6.07, 6.45) is 1.04. The van der Waals surface area contributed by atoms with E-state index in [0.717, 1.165) is 19.5 Å². The fourth-order valence-corrected chi connectivity index (χ4v) is 3.91. The Morgan fingerprint density at radius 1 is 1.32 bits per heavy atom. The maximum atomic E-state index is 13.7. The second kappa shape index (κ2) is 7.38. The van der Waals surface area contributed by atoms with Crippen LogP contribution in [0.5, 0.6) is 0 Å². The highest BCUT2D eigenvalue weighted by Crippen LogP contribution is 2.47. The molecule has 6 heteroatoms. The zero-order chi connectivity index (χ0) is 17.9. The maximum Gasteiger partial charge on any atom is 0.343 e. The number of ether oxygens (including phenoxy) is 1. The Morgan fingerprint density at radius 3 is 2.68 bits per heavy atom. The van der Waals surface area contributed by atoms with E-state index >= 15 is 0 Å². The van der Waals surface area contributed by atoms with Gasteiger partial charge in [-0.1, -0.05) is 30.3 Å². The monoisotopic (exact) mass is 353 g/mol. The fraction of sp³-hybridized carbons (Fsp3) is 0.632. The predicted octanol–water partition coefficient (Wildman–Crippen LogP) is 2.85. The Morgan fingerprint density at radius 2 is 2.08 bits per heavy atom. The van der Waals surface area contributed by atoms with Crippen LogP contribution in [0.25, 0.3) is 0 Å². The summed E-state index contributed by atoms with van der Waals surface area (Å²) in [4.78, 5) is 12.7. The lowest BCUT2D eigenvalue weighted by Gasteiger charge is -2.32. The first-order valence-corrected chi connectivity index (χ1v) is 8.95. The summed E-state index contributed by atoms with van der Waals surface area (Å²) < 4.78 is 32.7. The number of rotatable bonds is 6. The van der Waals surface area contributed by atoms with Gasteiger partial charge >= 0.3 is 5.97 Å². The van der Waals surface area contributed by atoms with Crippen LogP contribution in [0.3, 0.4) is 0 Å². The van der Waals surface area contributed by atoms with Crippen molar-refractivity contribution in [1.29, 1.82) is 0 Å². The molecular formula is C19H25F2NO3. The Hall–Kier alpha value is -1.53. The molecule has 1 aromatic rings. The third-order valence-electron chi connectivity index (χ3n) is 5.44. The lowest BCUT2D eigenvalue weighted by Crippen LogP contribution is -2.44. The molecule has 25 heavy (non-hydrogen) atoms. The number of carbonyl (C=O) groups excluding carboxylic acids is 1. The first-order valence-electron chi connectivity index (χ1n) is 8.95. The average Bonchev–Trinajstić information content (AvgIpc) is 3.24. The van der Waals surface area contributed by atoms with Gasteiger partial charge in [-0.15, -0.1) is 0 Å². The summed E-state index contributed by atoms with van der Waals surface area (Å²) in [6.45, 7) is 2.06. The Bertz CT molecular complexity index is 590. The lowest BCUT2D eigenvalue weighted by molar-refractivity contribution is -0.175. The number of nitrogens with one attached hydrogen (secondary N) is 1. The van der Waals surface area contributed by atoms with E-state index in [1.807, 2.05) is 0 Å². The smallest absolute Gasteiger partial charge is 0.343 e. The molecule has 1 saturated heterocycles. The van der Waals surface area contributed by atoms with Crippen LogP contribution in [0, 0.1) is 11.8 Å². The molecule has 0 amide bonds. The number of carbonyl (C=O) groups is 1. The third kappa shape index (κ3) is 4.01. The zero-order valence-corrected chi connectivity index (χ0v) is 14.2. The summed E-state index contributed by atoms with van der Waals surface area (Å²) >= 11 is 0. The Kier molecular flexibility index (Phi) is 5.39. The molecule has 138 valence electrons. The van der Waals surface area contributed by atoms with Gasteiger partial charge in [-0.2, -0.15) is 0 Å². The molecule has 0 spiro atoms. The highest BCUT2D eigenvalue weighted by atomic mass is 19.3. The van der Waals surface area contributed by atoms with Gasteiger partial charge in [0.1, 0.15) is 0 Å². The van der Waals surface area contributed by atoms with Crippen molar-refractivity contribution in [2.45, 2.75) is 43.6 Å². The number of hydrogen-bond acceptors (Lipinski definition) is 4. The lowest BCUT2D eigenvalue weighted by atomic mass is 9.80. The molecule has 0 unspecified atom stereocenters. The summed E-state index contributed by atoms with van der Waals surface area (Å²) in [5.41, 5.74) is -1.69. The van der Waals surface area contributed by atoms with Gasteiger partial charge in [0.15, 0.2) is 5.60 Å². The summed E-state index contributed by atoms with van der Waals surface area (Å²) in [5.74, 6) is -4.05. The molecule has 2 N–H and O–H groups in total. The number of alkyl halides is 2. The van der Waals surface area contributed by atoms with Crippen molar-refractivity contribution < 1.29 is 23.4 Å². The van der Waals surface area contributed by atoms with Gasteiger partial charge in [-0.3, -0.25) is 0 Å². The molecule has 2 fully saturated rings. The van der Waals surface area contributed by atoms with Crippen LogP contribution in [-0.2, 0) is 15.1 Å². The zero-order valence-electron chi connectivity index (χ0n) is 14.2. The number of halogens is 2. The molecular weight excluding hydrogens is 328 g/mol. The molecule has 0 radical (unpaired) electrons. The Labute approximate surface area is 146 Å². The van der Waals surface area contributed by atoms with E-state index in [1.54, 1.807) is 30.3 Å². The van der Waals surface area contributed by atoms with Crippen molar-refractivity contribution in [2.24, 2.45) is 11.8 Å². The van der Waals surface area contributed by atoms with E-state index in [0.29, 0.717) is 17.9 Å². The van der Waals surface area contributed by atoms with Crippen LogP contribution in [0.15, 0.2) is 30.3 Å². The van der Waals surface area contributed by atoms with Gasteiger partial charge < -0.3 is 15.2 Å². The summed E-state index contributed by atoms with van der Waals surface area (Å²) in [6, 6.07) is 8.32. The van der Waals surface area contributed by atoms with E-state index in [9.17, 15) is 18.7 Å². The Balaban J connectivity index is 1.73. The van der Waals surface area contributed by atoms with Crippen LogP contribution in [-0.4, -0.2) is 36.7 Å². The molecule has 1 aliphatic carbocycles. The van der Waals surface area contributed by atoms with E-state index in [-0.39, 0.29) is 19.4 Å². The first kappa shape index (κ1) is 18.3. The van der Waals surface area contributed by atoms with Gasteiger partial charge in [-0.05, 0) is 43.8 Å². The van der Waals surface area contributed by atoms with Crippen molar-refractivity contribution in [2.75, 3.05) is 19.7 Å². The van der Waals surface area contributed by atoms with E-state index in [1.165, 1.54) is 0 Å². The summed E-state index contributed by atoms with van der Waals surface area (Å²) in [7, 11) is 0. The highest BCUT2D eigenvalue weighted by molar-refractivity contribution is 5.81. The van der Waals surface area contributed by atoms with Crippen molar-refractivity contribution >= 4 is 5.97 Å². The van der Waals surface area contributed by atoms with Crippen LogP contribution in [0.4, 0.5) is 8.78 Å². The third-order valence-corrected chi connectivity index (χ3v) is 5.44. The minimum absolute atomic E-state index is 0.0973. The van der Waals surface area contributed by atoms with Crippen molar-refractivity contribution in [3.8, 4) is 0 Å². The standard InChI is InChI=1S/C19H25F2NO3/c20-18(21)9-6-16(12-18)19(24,15-4-2-1-3-5-15)17(23)25-11-8-14-7-10-22-13-14/h1-5,14,16,22,24H,6-13H2/t14-,16-,19+/m1/s1. The molecule has 1 heterocycles. The molecule has 0 bridgehead atoms. The topological polar surface area (TPSA) is 58.6 Å². The predicted molar refractivity (Wildman–Crippen MR) is 89.2 cm³/mol. The number of hydrogen-bond donors (Lipinski definition) is 2. The van der Waals surface area contributed by atoms with Gasteiger partial charge in [0.2, 0.25) is 5.92 Å². The normalized spacial score (nSPS) is 27.8. The van der Waals surface area contributed by atoms with Crippen molar-refractivity contribution in [3.05, 3.63) is 35.9 Å². The minimum atomic E-state index is -2.84. The molecule has 4 nitrogen and oxygen atoms in total. The fourth-order valence-electron chi connectivity index (χ4n) is 3.91. The highest BCUT2D eigenvalue weighted by Gasteiger charge is 2.54. The van der Waals surface area contributed by atoms with Crippen molar-refractivity contribution in [1.82, 2.24) is 5.32 Å². The second-order valence-corrected chi connectivity index (χ2v) is 7.21. The van der Waals surface area contributed by atoms with Crippen molar-refractivity contribution in [3.63, 3.8) is 0 Å². The van der Waals surface area contributed by atoms with Crippen LogP contribution >= 0.6 is 0 Å². The quantitative estimate of drug-likeness (QED) is 0.772. The number of esters is 1. The maximum absolute atomic E-state index is 13.7. The SMILES string of the molecule is O=C(OCC[C@H]1CCNC1)[C@](O)(c1ccccc1)[C@@H]1CCC(F)(F)C1. The molecule has 3 rings (SSSR count). The number of aliphatic hydroxyl groups is 1. The molecule has 1 saturated carbocycles. The van der Waals surface area contributed by atoms with Gasteiger partial charge in [-0.25, -0.2) is 13.6 Å².